The molecule has 0 saturated heterocycles. The van der Waals surface area contributed by atoms with Gasteiger partial charge in [0.2, 0.25) is 5.88 Å². The quantitative estimate of drug-likeness (QED) is 0.567. The van der Waals surface area contributed by atoms with E-state index in [2.05, 4.69) is 28.8 Å². The third kappa shape index (κ3) is 3.88. The zero-order valence-corrected chi connectivity index (χ0v) is 9.99. The second-order valence-corrected chi connectivity index (χ2v) is 3.43. The molecule has 16 heavy (non-hydrogen) atoms. The minimum absolute atomic E-state index is 0.606. The van der Waals surface area contributed by atoms with E-state index in [0.717, 1.165) is 30.9 Å². The van der Waals surface area contributed by atoms with E-state index in [1.165, 1.54) is 0 Å². The van der Waals surface area contributed by atoms with E-state index in [-0.39, 0.29) is 0 Å². The molecule has 0 unspecified atom stereocenters. The number of hydrogen-bond acceptors (Lipinski definition) is 4. The average Bonchev–Trinajstić information content (AvgIpc) is 2.29. The highest BCUT2D eigenvalue weighted by Crippen LogP contribution is 2.14. The summed E-state index contributed by atoms with van der Waals surface area (Å²) < 4.78 is 5.51. The molecular weight excluding hydrogens is 202 g/mol. The molecule has 0 aliphatic carbocycles. The Kier molecular flexibility index (Phi) is 5.32. The molecule has 0 radical (unpaired) electrons. The molecule has 1 aromatic heterocycles. The van der Waals surface area contributed by atoms with Gasteiger partial charge in [-0.2, -0.15) is 4.98 Å². The molecule has 0 atom stereocenters. The molecule has 0 amide bonds. The summed E-state index contributed by atoms with van der Waals surface area (Å²) in [6.07, 6.45) is 4.54. The number of aromatic nitrogens is 2. The van der Waals surface area contributed by atoms with Gasteiger partial charge in [0.15, 0.2) is 0 Å². The maximum atomic E-state index is 5.51. The van der Waals surface area contributed by atoms with Gasteiger partial charge in [-0.05, 0) is 12.8 Å². The van der Waals surface area contributed by atoms with E-state index in [9.17, 15) is 0 Å². The van der Waals surface area contributed by atoms with Crippen LogP contribution in [-0.4, -0.2) is 23.6 Å². The van der Waals surface area contributed by atoms with Gasteiger partial charge in [0.05, 0.1) is 6.61 Å². The van der Waals surface area contributed by atoms with Gasteiger partial charge in [-0.3, -0.25) is 0 Å². The maximum absolute atomic E-state index is 5.51. The first-order chi connectivity index (χ1) is 7.80. The van der Waals surface area contributed by atoms with Crippen LogP contribution in [-0.2, 0) is 6.42 Å². The van der Waals surface area contributed by atoms with Crippen molar-refractivity contribution in [3.05, 3.63) is 24.5 Å². The smallest absolute Gasteiger partial charge is 0.218 e. The Balaban J connectivity index is 2.73. The van der Waals surface area contributed by atoms with Crippen LogP contribution in [0.15, 0.2) is 18.7 Å². The number of hydrogen-bond donors (Lipinski definition) is 1. The highest BCUT2D eigenvalue weighted by Gasteiger charge is 2.03. The number of ether oxygens (including phenoxy) is 1. The van der Waals surface area contributed by atoms with E-state index in [0.29, 0.717) is 12.5 Å². The minimum atomic E-state index is 0.606. The minimum Gasteiger partial charge on any atom is -0.477 e. The Bertz CT molecular complexity index is 339. The Labute approximate surface area is 96.8 Å². The zero-order chi connectivity index (χ0) is 11.8. The first kappa shape index (κ1) is 12.5. The van der Waals surface area contributed by atoms with Crippen molar-refractivity contribution < 1.29 is 4.74 Å². The second kappa shape index (κ2) is 6.82. The molecule has 4 nitrogen and oxygen atoms in total. The van der Waals surface area contributed by atoms with Gasteiger partial charge < -0.3 is 10.1 Å². The van der Waals surface area contributed by atoms with Gasteiger partial charge in [-0.15, -0.1) is 6.58 Å². The van der Waals surface area contributed by atoms with Crippen LogP contribution in [0.5, 0.6) is 5.88 Å². The summed E-state index contributed by atoms with van der Waals surface area (Å²) in [5.41, 5.74) is 0. The van der Waals surface area contributed by atoms with Crippen LogP contribution in [0.4, 0.5) is 5.82 Å². The van der Waals surface area contributed by atoms with E-state index in [1.807, 2.05) is 19.2 Å². The molecule has 88 valence electrons. The second-order valence-electron chi connectivity index (χ2n) is 3.43. The fourth-order valence-corrected chi connectivity index (χ4v) is 1.26. The first-order valence-corrected chi connectivity index (χ1v) is 5.59. The highest BCUT2D eigenvalue weighted by atomic mass is 16.5. The number of nitrogens with one attached hydrogen (secondary N) is 1. The fourth-order valence-electron chi connectivity index (χ4n) is 1.26. The van der Waals surface area contributed by atoms with Crippen molar-refractivity contribution in [3.63, 3.8) is 0 Å². The van der Waals surface area contributed by atoms with E-state index in [4.69, 9.17) is 4.74 Å². The normalized spacial score (nSPS) is 9.88. The lowest BCUT2D eigenvalue weighted by Crippen LogP contribution is -2.04. The maximum Gasteiger partial charge on any atom is 0.218 e. The molecule has 0 fully saturated rings. The van der Waals surface area contributed by atoms with Gasteiger partial charge in [0, 0.05) is 19.5 Å². The summed E-state index contributed by atoms with van der Waals surface area (Å²) in [7, 11) is 1.84. The molecule has 0 bridgehead atoms. The summed E-state index contributed by atoms with van der Waals surface area (Å²) in [5, 5.41) is 3.01. The van der Waals surface area contributed by atoms with E-state index < -0.39 is 0 Å². The van der Waals surface area contributed by atoms with E-state index in [1.54, 1.807) is 0 Å². The van der Waals surface area contributed by atoms with E-state index >= 15 is 0 Å². The van der Waals surface area contributed by atoms with Gasteiger partial charge >= 0.3 is 0 Å². The number of rotatable bonds is 7. The molecule has 1 rings (SSSR count). The lowest BCUT2D eigenvalue weighted by atomic mass is 10.3. The van der Waals surface area contributed by atoms with Crippen molar-refractivity contribution in [1.82, 2.24) is 9.97 Å². The summed E-state index contributed by atoms with van der Waals surface area (Å²) in [5.74, 6) is 2.25. The van der Waals surface area contributed by atoms with Gasteiger partial charge in [-0.25, -0.2) is 4.98 Å². The van der Waals surface area contributed by atoms with Crippen LogP contribution >= 0.6 is 0 Å². The SMILES string of the molecule is C=CCCOc1cc(NC)nc(CCC)n1. The van der Waals surface area contributed by atoms with Crippen molar-refractivity contribution in [3.8, 4) is 5.88 Å². The van der Waals surface area contributed by atoms with Gasteiger partial charge in [-0.1, -0.05) is 13.0 Å². The van der Waals surface area contributed by atoms with Crippen molar-refractivity contribution in [2.24, 2.45) is 0 Å². The average molecular weight is 221 g/mol. The molecule has 4 heteroatoms. The molecule has 0 aliphatic heterocycles. The summed E-state index contributed by atoms with van der Waals surface area (Å²) in [6, 6.07) is 1.81. The number of anilines is 1. The van der Waals surface area contributed by atoms with Gasteiger partial charge in [0.25, 0.3) is 0 Å². The monoisotopic (exact) mass is 221 g/mol. The fraction of sp³-hybridized carbons (Fsp3) is 0.500. The Hall–Kier alpha value is -1.58. The van der Waals surface area contributed by atoms with Crippen molar-refractivity contribution in [2.75, 3.05) is 19.0 Å². The standard InChI is InChI=1S/C12H19N3O/c1-4-6-8-16-12-9-11(13-3)14-10(15-12)7-5-2/h4,9H,1,5-8H2,2-3H3,(H,13,14,15). The van der Waals surface area contributed by atoms with Crippen LogP contribution < -0.4 is 10.1 Å². The van der Waals surface area contributed by atoms with Crippen LogP contribution in [0.3, 0.4) is 0 Å². The molecule has 1 aromatic rings. The third-order valence-electron chi connectivity index (χ3n) is 2.05. The van der Waals surface area contributed by atoms with Crippen molar-refractivity contribution in [2.45, 2.75) is 26.2 Å². The molecule has 1 N–H and O–H groups in total. The van der Waals surface area contributed by atoms with Gasteiger partial charge in [0.1, 0.15) is 11.6 Å². The Morgan fingerprint density at radius 3 is 2.94 bits per heavy atom. The first-order valence-electron chi connectivity index (χ1n) is 5.59. The Morgan fingerprint density at radius 1 is 1.50 bits per heavy atom. The molecule has 0 aromatic carbocycles. The topological polar surface area (TPSA) is 47.0 Å². The molecular formula is C12H19N3O. The predicted molar refractivity (Wildman–Crippen MR) is 65.9 cm³/mol. The molecule has 0 saturated carbocycles. The summed E-state index contributed by atoms with van der Waals surface area (Å²) >= 11 is 0. The van der Waals surface area contributed by atoms with Crippen molar-refractivity contribution >= 4 is 5.82 Å². The third-order valence-corrected chi connectivity index (χ3v) is 2.05. The Morgan fingerprint density at radius 2 is 2.31 bits per heavy atom. The lowest BCUT2D eigenvalue weighted by molar-refractivity contribution is 0.311. The summed E-state index contributed by atoms with van der Waals surface area (Å²) in [6.45, 7) is 6.36. The lowest BCUT2D eigenvalue weighted by Gasteiger charge is -2.08. The molecule has 0 spiro atoms. The van der Waals surface area contributed by atoms with Crippen LogP contribution in [0.1, 0.15) is 25.6 Å². The van der Waals surface area contributed by atoms with Crippen LogP contribution in [0.25, 0.3) is 0 Å². The predicted octanol–water partition coefficient (Wildman–Crippen LogP) is 2.43. The van der Waals surface area contributed by atoms with Crippen LogP contribution in [0.2, 0.25) is 0 Å². The zero-order valence-electron chi connectivity index (χ0n) is 9.99. The number of nitrogens with zero attached hydrogens (tertiary/aromatic N) is 2. The molecule has 1 heterocycles. The highest BCUT2D eigenvalue weighted by molar-refractivity contribution is 5.37. The number of aryl methyl sites for hydroxylation is 1. The molecule has 0 aliphatic rings. The summed E-state index contributed by atoms with van der Waals surface area (Å²) in [4.78, 5) is 8.68. The largest absolute Gasteiger partial charge is 0.477 e. The van der Waals surface area contributed by atoms with Crippen LogP contribution in [0, 0.1) is 0 Å². The van der Waals surface area contributed by atoms with Crippen molar-refractivity contribution in [1.29, 1.82) is 0 Å².